The molecule has 1 heterocycles. The zero-order valence-electron chi connectivity index (χ0n) is 32.4. The van der Waals surface area contributed by atoms with Crippen LogP contribution in [0.25, 0.3) is 10.8 Å². The second-order valence-corrected chi connectivity index (χ2v) is 17.7. The fourth-order valence-electron chi connectivity index (χ4n) is 7.83. The fraction of sp³-hybridized carbons (Fsp3) is 0.548. The average molecular weight is 797 g/mol. The molecule has 1 aliphatic carbocycles. The first kappa shape index (κ1) is 42.4. The van der Waals surface area contributed by atoms with Gasteiger partial charge in [-0.05, 0) is 92.5 Å². The number of amides is 2. The Morgan fingerprint density at radius 2 is 1.75 bits per heavy atom. The van der Waals surface area contributed by atoms with Crippen molar-refractivity contribution in [3.8, 4) is 11.5 Å². The van der Waals surface area contributed by atoms with Gasteiger partial charge in [-0.15, -0.1) is 0 Å². The molecule has 0 unspecified atom stereocenters. The number of ether oxygens (including phenoxy) is 2. The molecular weight excluding hydrogens is 740 g/mol. The number of nitrogens with zero attached hydrogens (tertiary/aromatic N) is 2. The monoisotopic (exact) mass is 796 g/mol. The van der Waals surface area contributed by atoms with Gasteiger partial charge in [0, 0.05) is 42.9 Å². The maximum atomic E-state index is 14.6. The molecule has 1 saturated carbocycles. The molecule has 0 radical (unpaired) electrons. The van der Waals surface area contributed by atoms with Crippen LogP contribution in [0.4, 0.5) is 4.79 Å². The number of fused-ring (bicyclic) bond motifs is 1. The van der Waals surface area contributed by atoms with E-state index in [0.29, 0.717) is 49.6 Å². The minimum atomic E-state index is -3.08. The van der Waals surface area contributed by atoms with Gasteiger partial charge in [0.25, 0.3) is 0 Å². The van der Waals surface area contributed by atoms with Crippen LogP contribution in [0.15, 0.2) is 54.6 Å². The second kappa shape index (κ2) is 19.9. The van der Waals surface area contributed by atoms with E-state index in [1.165, 1.54) is 11.2 Å². The van der Waals surface area contributed by atoms with Crippen LogP contribution >= 0.6 is 11.6 Å². The largest absolute Gasteiger partial charge is 0.496 e. The summed E-state index contributed by atoms with van der Waals surface area (Å²) in [5, 5.41) is 5.63. The van der Waals surface area contributed by atoms with Crippen molar-refractivity contribution in [2.75, 3.05) is 45.3 Å². The van der Waals surface area contributed by atoms with Crippen LogP contribution in [0.1, 0.15) is 75.8 Å². The van der Waals surface area contributed by atoms with E-state index in [1.54, 1.807) is 18.1 Å². The molecule has 1 saturated heterocycles. The summed E-state index contributed by atoms with van der Waals surface area (Å²) in [5.41, 5.74) is 7.97. The van der Waals surface area contributed by atoms with Crippen LogP contribution < -0.4 is 20.5 Å². The Labute approximate surface area is 331 Å². The number of benzene rings is 3. The number of hydrogen-bond donors (Lipinski definition) is 2. The summed E-state index contributed by atoms with van der Waals surface area (Å²) in [6.45, 7) is 3.02. The molecule has 2 amide bonds. The highest BCUT2D eigenvalue weighted by Crippen LogP contribution is 2.33. The predicted octanol–water partition coefficient (Wildman–Crippen LogP) is 6.36. The van der Waals surface area contributed by atoms with Crippen molar-refractivity contribution < 1.29 is 32.3 Å². The molecule has 13 heteroatoms. The summed E-state index contributed by atoms with van der Waals surface area (Å²) >= 11 is 6.67. The summed E-state index contributed by atoms with van der Waals surface area (Å²) < 4.78 is 34.9. The normalized spacial score (nSPS) is 19.6. The van der Waals surface area contributed by atoms with Gasteiger partial charge in [0.2, 0.25) is 5.91 Å². The van der Waals surface area contributed by atoms with Crippen molar-refractivity contribution in [2.24, 2.45) is 11.7 Å². The Kier molecular flexibility index (Phi) is 15.4. The van der Waals surface area contributed by atoms with E-state index >= 15 is 0 Å². The SMILES string of the molecule is CCc1ccc(CCC(=O)[C@@H]2CN(C(=O)Oc3ccc4ccccc4c3Cl)CCN2C(=O)[C@@H](CCCCCS(C)(=O)=O)NC2CCC(CN)CC2)cc1OC. The number of sulfone groups is 1. The molecule has 2 aliphatic rings. The summed E-state index contributed by atoms with van der Waals surface area (Å²) in [6, 6.07) is 15.7. The number of halogens is 1. The number of aryl methyl sites for hydroxylation is 2. The summed E-state index contributed by atoms with van der Waals surface area (Å²) in [5.74, 6) is 1.25. The molecule has 3 aromatic carbocycles. The summed E-state index contributed by atoms with van der Waals surface area (Å²) in [6.07, 6.45) is 8.14. The van der Waals surface area contributed by atoms with E-state index in [2.05, 4.69) is 12.2 Å². The smallest absolute Gasteiger partial charge is 0.415 e. The van der Waals surface area contributed by atoms with Crippen molar-refractivity contribution in [3.63, 3.8) is 0 Å². The molecule has 55 heavy (non-hydrogen) atoms. The van der Waals surface area contributed by atoms with E-state index in [4.69, 9.17) is 26.8 Å². The molecule has 0 aromatic heterocycles. The number of carbonyl (C=O) groups is 3. The molecule has 0 bridgehead atoms. The van der Waals surface area contributed by atoms with E-state index < -0.39 is 28.0 Å². The van der Waals surface area contributed by atoms with Gasteiger partial charge in [-0.25, -0.2) is 13.2 Å². The highest BCUT2D eigenvalue weighted by atomic mass is 35.5. The number of methoxy groups -OCH3 is 1. The van der Waals surface area contributed by atoms with Crippen LogP contribution in [-0.4, -0.2) is 99.4 Å². The lowest BCUT2D eigenvalue weighted by Crippen LogP contribution is -2.63. The number of nitrogens with one attached hydrogen (secondary N) is 1. The third-order valence-electron chi connectivity index (χ3n) is 11.1. The highest BCUT2D eigenvalue weighted by molar-refractivity contribution is 7.90. The van der Waals surface area contributed by atoms with Gasteiger partial charge in [0.05, 0.1) is 24.7 Å². The van der Waals surface area contributed by atoms with Gasteiger partial charge in [-0.2, -0.15) is 0 Å². The number of Topliss-reactive ketones (excluding diaryl/α,β-unsaturated/α-hetero) is 1. The standard InChI is InChI=1S/C42H57ClN4O7S/c1-4-31-17-13-29(26-39(31)53-2)16-21-37(48)36-28-46(42(50)54-38-22-18-32-10-7-8-11-34(32)40(38)43)23-24-47(36)41(49)35(12-6-5-9-25-55(3,51)52)45-33-19-14-30(27-44)15-20-33/h7-8,10-11,13,17-18,22,26,30,33,35-36,45H,4-6,9,12,14-16,19-21,23-25,27-28,44H2,1-3H3/t30?,33?,35-,36+/m1/s1. The average Bonchev–Trinajstić information content (AvgIpc) is 3.19. The topological polar surface area (TPSA) is 148 Å². The Bertz CT molecular complexity index is 1900. The Morgan fingerprint density at radius 3 is 2.45 bits per heavy atom. The van der Waals surface area contributed by atoms with E-state index in [-0.39, 0.29) is 55.3 Å². The lowest BCUT2D eigenvalue weighted by Gasteiger charge is -2.42. The number of nitrogens with two attached hydrogens (primary N) is 1. The van der Waals surface area contributed by atoms with Crippen molar-refractivity contribution in [1.29, 1.82) is 0 Å². The quantitative estimate of drug-likeness (QED) is 0.149. The van der Waals surface area contributed by atoms with Crippen LogP contribution in [0.5, 0.6) is 11.5 Å². The zero-order chi connectivity index (χ0) is 39.5. The molecule has 3 N–H and O–H groups in total. The van der Waals surface area contributed by atoms with Crippen LogP contribution in [-0.2, 0) is 32.3 Å². The van der Waals surface area contributed by atoms with Crippen molar-refractivity contribution in [3.05, 3.63) is 70.7 Å². The molecule has 3 aromatic rings. The number of hydrogen-bond acceptors (Lipinski definition) is 9. The lowest BCUT2D eigenvalue weighted by molar-refractivity contribution is -0.144. The highest BCUT2D eigenvalue weighted by Gasteiger charge is 2.40. The van der Waals surface area contributed by atoms with Crippen molar-refractivity contribution in [1.82, 2.24) is 15.1 Å². The van der Waals surface area contributed by atoms with Gasteiger partial charge in [-0.3, -0.25) is 9.59 Å². The van der Waals surface area contributed by atoms with Gasteiger partial charge in [0.15, 0.2) is 11.5 Å². The van der Waals surface area contributed by atoms with Crippen LogP contribution in [0.3, 0.4) is 0 Å². The maximum Gasteiger partial charge on any atom is 0.415 e. The number of carbonyl (C=O) groups excluding carboxylic acids is 3. The number of ketones is 1. The first-order valence-electron chi connectivity index (χ1n) is 19.7. The fourth-order valence-corrected chi connectivity index (χ4v) is 8.83. The predicted molar refractivity (Wildman–Crippen MR) is 218 cm³/mol. The van der Waals surface area contributed by atoms with Crippen LogP contribution in [0, 0.1) is 5.92 Å². The number of piperazine rings is 1. The Hall–Kier alpha value is -3.71. The van der Waals surface area contributed by atoms with Gasteiger partial charge in [0.1, 0.15) is 21.6 Å². The molecule has 2 fully saturated rings. The Morgan fingerprint density at radius 1 is 0.982 bits per heavy atom. The maximum absolute atomic E-state index is 14.6. The van der Waals surface area contributed by atoms with Crippen LogP contribution in [0.2, 0.25) is 5.02 Å². The van der Waals surface area contributed by atoms with Gasteiger partial charge < -0.3 is 30.3 Å². The molecule has 1 aliphatic heterocycles. The Balaban J connectivity index is 1.35. The zero-order valence-corrected chi connectivity index (χ0v) is 34.0. The summed E-state index contributed by atoms with van der Waals surface area (Å²) in [7, 11) is -1.45. The van der Waals surface area contributed by atoms with Crippen molar-refractivity contribution >= 4 is 50.0 Å². The number of rotatable bonds is 17. The third-order valence-corrected chi connectivity index (χ3v) is 12.6. The first-order valence-corrected chi connectivity index (χ1v) is 22.1. The molecular formula is C42H57ClN4O7S. The third kappa shape index (κ3) is 11.7. The second-order valence-electron chi connectivity index (χ2n) is 15.1. The van der Waals surface area contributed by atoms with Gasteiger partial charge in [-0.1, -0.05) is 73.8 Å². The first-order chi connectivity index (χ1) is 26.4. The molecule has 300 valence electrons. The summed E-state index contributed by atoms with van der Waals surface area (Å²) in [4.78, 5) is 45.7. The van der Waals surface area contributed by atoms with Gasteiger partial charge >= 0.3 is 6.09 Å². The lowest BCUT2D eigenvalue weighted by atomic mass is 9.85. The van der Waals surface area contributed by atoms with Crippen molar-refractivity contribution in [2.45, 2.75) is 95.7 Å². The minimum Gasteiger partial charge on any atom is -0.496 e. The van der Waals surface area contributed by atoms with E-state index in [1.807, 2.05) is 48.5 Å². The molecule has 2 atom stereocenters. The molecule has 0 spiro atoms. The molecule has 5 rings (SSSR count). The number of unbranched alkanes of at least 4 members (excludes halogenated alkanes) is 2. The molecule has 11 nitrogen and oxygen atoms in total. The van der Waals surface area contributed by atoms with E-state index in [0.717, 1.165) is 59.8 Å². The minimum absolute atomic E-state index is 0.0185. The van der Waals surface area contributed by atoms with E-state index in [9.17, 15) is 22.8 Å².